The second-order valence-electron chi connectivity index (χ2n) is 3.80. The SMILES string of the molecule is COC1CC(NC(=O)NC(C)C)C1. The van der Waals surface area contributed by atoms with E-state index in [-0.39, 0.29) is 12.1 Å². The minimum Gasteiger partial charge on any atom is -0.381 e. The van der Waals surface area contributed by atoms with Gasteiger partial charge in [-0.15, -0.1) is 0 Å². The highest BCUT2D eigenvalue weighted by Crippen LogP contribution is 2.22. The molecule has 76 valence electrons. The smallest absolute Gasteiger partial charge is 0.315 e. The fourth-order valence-corrected chi connectivity index (χ4v) is 1.37. The van der Waals surface area contributed by atoms with Crippen molar-refractivity contribution in [3.8, 4) is 0 Å². The van der Waals surface area contributed by atoms with Gasteiger partial charge in [-0.1, -0.05) is 0 Å². The van der Waals surface area contributed by atoms with Crippen LogP contribution in [0.5, 0.6) is 0 Å². The summed E-state index contributed by atoms with van der Waals surface area (Å²) >= 11 is 0. The monoisotopic (exact) mass is 186 g/mol. The molecule has 0 saturated heterocycles. The van der Waals surface area contributed by atoms with Gasteiger partial charge in [0.2, 0.25) is 0 Å². The standard InChI is InChI=1S/C9H18N2O2/c1-6(2)10-9(12)11-7-4-8(5-7)13-3/h6-8H,4-5H2,1-3H3,(H2,10,11,12). The number of carbonyl (C=O) groups excluding carboxylic acids is 1. The molecule has 0 aromatic carbocycles. The Morgan fingerprint density at radius 2 is 2.08 bits per heavy atom. The van der Waals surface area contributed by atoms with Crippen molar-refractivity contribution in [3.05, 3.63) is 0 Å². The maximum Gasteiger partial charge on any atom is 0.315 e. The number of methoxy groups -OCH3 is 1. The number of rotatable bonds is 3. The van der Waals surface area contributed by atoms with E-state index < -0.39 is 0 Å². The van der Waals surface area contributed by atoms with Crippen LogP contribution in [0.4, 0.5) is 4.79 Å². The molecule has 0 atom stereocenters. The van der Waals surface area contributed by atoms with Crippen molar-refractivity contribution in [2.45, 2.75) is 44.9 Å². The Balaban J connectivity index is 2.09. The zero-order valence-corrected chi connectivity index (χ0v) is 8.46. The Bertz CT molecular complexity index is 176. The van der Waals surface area contributed by atoms with Crippen LogP contribution in [0.3, 0.4) is 0 Å². The third kappa shape index (κ3) is 3.22. The predicted molar refractivity (Wildman–Crippen MR) is 50.6 cm³/mol. The molecule has 2 amide bonds. The molecule has 0 aromatic rings. The molecule has 4 nitrogen and oxygen atoms in total. The maximum absolute atomic E-state index is 11.2. The highest BCUT2D eigenvalue weighted by molar-refractivity contribution is 5.74. The van der Waals surface area contributed by atoms with Crippen LogP contribution >= 0.6 is 0 Å². The van der Waals surface area contributed by atoms with E-state index >= 15 is 0 Å². The normalized spacial score (nSPS) is 26.8. The van der Waals surface area contributed by atoms with Gasteiger partial charge in [0, 0.05) is 19.2 Å². The second-order valence-corrected chi connectivity index (χ2v) is 3.80. The maximum atomic E-state index is 11.2. The van der Waals surface area contributed by atoms with E-state index in [0.29, 0.717) is 12.1 Å². The molecule has 1 aliphatic rings. The van der Waals surface area contributed by atoms with E-state index in [1.807, 2.05) is 13.8 Å². The molecule has 0 bridgehead atoms. The van der Waals surface area contributed by atoms with Crippen LogP contribution in [-0.4, -0.2) is 31.3 Å². The van der Waals surface area contributed by atoms with Crippen LogP contribution in [0.2, 0.25) is 0 Å². The number of carbonyl (C=O) groups is 1. The molecule has 2 N–H and O–H groups in total. The average molecular weight is 186 g/mol. The molecule has 1 fully saturated rings. The van der Waals surface area contributed by atoms with Crippen molar-refractivity contribution < 1.29 is 9.53 Å². The molecule has 0 spiro atoms. The van der Waals surface area contributed by atoms with Crippen molar-refractivity contribution in [2.24, 2.45) is 0 Å². The Morgan fingerprint density at radius 3 is 2.54 bits per heavy atom. The fourth-order valence-electron chi connectivity index (χ4n) is 1.37. The summed E-state index contributed by atoms with van der Waals surface area (Å²) in [5, 5.41) is 5.67. The third-order valence-corrected chi connectivity index (χ3v) is 2.18. The molecular weight excluding hydrogens is 168 g/mol. The van der Waals surface area contributed by atoms with Gasteiger partial charge in [0.1, 0.15) is 0 Å². The lowest BCUT2D eigenvalue weighted by Gasteiger charge is -2.34. The van der Waals surface area contributed by atoms with Crippen molar-refractivity contribution in [1.82, 2.24) is 10.6 Å². The van der Waals surface area contributed by atoms with Crippen molar-refractivity contribution in [3.63, 3.8) is 0 Å². The van der Waals surface area contributed by atoms with E-state index in [1.165, 1.54) is 0 Å². The average Bonchev–Trinajstić information content (AvgIpc) is 1.94. The first-order chi connectivity index (χ1) is 6.11. The summed E-state index contributed by atoms with van der Waals surface area (Å²) in [5.74, 6) is 0. The Morgan fingerprint density at radius 1 is 1.46 bits per heavy atom. The molecule has 1 aliphatic carbocycles. The molecule has 0 aliphatic heterocycles. The fraction of sp³-hybridized carbons (Fsp3) is 0.889. The number of urea groups is 1. The predicted octanol–water partition coefficient (Wildman–Crippen LogP) is 0.871. The first-order valence-electron chi connectivity index (χ1n) is 4.71. The Kier molecular flexibility index (Phi) is 3.54. The minimum absolute atomic E-state index is 0.0745. The molecule has 0 unspecified atom stereocenters. The van der Waals surface area contributed by atoms with E-state index in [0.717, 1.165) is 12.8 Å². The number of hydrogen-bond donors (Lipinski definition) is 2. The molecule has 0 aromatic heterocycles. The Labute approximate surface area is 79.0 Å². The van der Waals surface area contributed by atoms with Crippen LogP contribution in [-0.2, 0) is 4.74 Å². The first-order valence-corrected chi connectivity index (χ1v) is 4.71. The summed E-state index contributed by atoms with van der Waals surface area (Å²) in [7, 11) is 1.70. The quantitative estimate of drug-likeness (QED) is 0.687. The van der Waals surface area contributed by atoms with Crippen molar-refractivity contribution in [1.29, 1.82) is 0 Å². The Hall–Kier alpha value is -0.770. The zero-order valence-electron chi connectivity index (χ0n) is 8.46. The van der Waals surface area contributed by atoms with Crippen LogP contribution < -0.4 is 10.6 Å². The van der Waals surface area contributed by atoms with Gasteiger partial charge in [-0.25, -0.2) is 4.79 Å². The summed E-state index contributed by atoms with van der Waals surface area (Å²) in [6, 6.07) is 0.413. The highest BCUT2D eigenvalue weighted by atomic mass is 16.5. The summed E-state index contributed by atoms with van der Waals surface area (Å²) in [6.07, 6.45) is 2.20. The van der Waals surface area contributed by atoms with E-state index in [1.54, 1.807) is 7.11 Å². The zero-order chi connectivity index (χ0) is 9.84. The second kappa shape index (κ2) is 4.46. The lowest BCUT2D eigenvalue weighted by atomic mass is 9.89. The van der Waals surface area contributed by atoms with Gasteiger partial charge >= 0.3 is 6.03 Å². The lowest BCUT2D eigenvalue weighted by molar-refractivity contribution is 0.0205. The largest absolute Gasteiger partial charge is 0.381 e. The number of hydrogen-bond acceptors (Lipinski definition) is 2. The van der Waals surface area contributed by atoms with Gasteiger partial charge in [-0.2, -0.15) is 0 Å². The van der Waals surface area contributed by atoms with Crippen LogP contribution in [0.25, 0.3) is 0 Å². The van der Waals surface area contributed by atoms with Crippen LogP contribution in [0.1, 0.15) is 26.7 Å². The van der Waals surface area contributed by atoms with E-state index in [9.17, 15) is 4.79 Å². The van der Waals surface area contributed by atoms with Crippen molar-refractivity contribution >= 4 is 6.03 Å². The lowest BCUT2D eigenvalue weighted by Crippen LogP contribution is -2.51. The molecule has 4 heteroatoms. The van der Waals surface area contributed by atoms with Gasteiger partial charge in [-0.05, 0) is 26.7 Å². The van der Waals surface area contributed by atoms with Crippen molar-refractivity contribution in [2.75, 3.05) is 7.11 Å². The topological polar surface area (TPSA) is 50.4 Å². The van der Waals surface area contributed by atoms with Crippen LogP contribution in [0, 0.1) is 0 Å². The number of ether oxygens (including phenoxy) is 1. The first kappa shape index (κ1) is 10.3. The van der Waals surface area contributed by atoms with Gasteiger partial charge in [0.05, 0.1) is 6.10 Å². The molecule has 13 heavy (non-hydrogen) atoms. The van der Waals surface area contributed by atoms with Gasteiger partial charge in [0.15, 0.2) is 0 Å². The highest BCUT2D eigenvalue weighted by Gasteiger charge is 2.29. The van der Waals surface area contributed by atoms with E-state index in [4.69, 9.17) is 4.74 Å². The third-order valence-electron chi connectivity index (χ3n) is 2.18. The summed E-state index contributed by atoms with van der Waals surface area (Å²) in [4.78, 5) is 11.2. The molecular formula is C9H18N2O2. The van der Waals surface area contributed by atoms with Crippen LogP contribution in [0.15, 0.2) is 0 Å². The summed E-state index contributed by atoms with van der Waals surface area (Å²) in [5.41, 5.74) is 0. The van der Waals surface area contributed by atoms with E-state index in [2.05, 4.69) is 10.6 Å². The minimum atomic E-state index is -0.0745. The summed E-state index contributed by atoms with van der Waals surface area (Å²) in [6.45, 7) is 3.89. The van der Waals surface area contributed by atoms with Gasteiger partial charge in [0.25, 0.3) is 0 Å². The van der Waals surface area contributed by atoms with Gasteiger partial charge < -0.3 is 15.4 Å². The number of amides is 2. The molecule has 0 heterocycles. The molecule has 1 saturated carbocycles. The molecule has 0 radical (unpaired) electrons. The van der Waals surface area contributed by atoms with Gasteiger partial charge in [-0.3, -0.25) is 0 Å². The molecule has 1 rings (SSSR count). The summed E-state index contributed by atoms with van der Waals surface area (Å²) < 4.78 is 5.11. The number of nitrogens with one attached hydrogen (secondary N) is 2.